The highest BCUT2D eigenvalue weighted by Gasteiger charge is 2.37. The van der Waals surface area contributed by atoms with Crippen molar-refractivity contribution in [1.82, 2.24) is 0 Å². The summed E-state index contributed by atoms with van der Waals surface area (Å²) in [5.41, 5.74) is 5.36. The number of benzene rings is 2. The van der Waals surface area contributed by atoms with Gasteiger partial charge in [-0.05, 0) is 52.8 Å². The van der Waals surface area contributed by atoms with E-state index in [9.17, 15) is 0 Å². The van der Waals surface area contributed by atoms with E-state index < -0.39 is 0 Å². The lowest BCUT2D eigenvalue weighted by atomic mass is 9.94. The third kappa shape index (κ3) is 1.82. The highest BCUT2D eigenvalue weighted by molar-refractivity contribution is 5.78. The van der Waals surface area contributed by atoms with Crippen molar-refractivity contribution in [2.75, 3.05) is 6.61 Å². The van der Waals surface area contributed by atoms with Crippen LogP contribution in [0.5, 0.6) is 0 Å². The molecule has 3 aliphatic carbocycles. The molecule has 0 aliphatic heterocycles. The van der Waals surface area contributed by atoms with Crippen LogP contribution >= 0.6 is 0 Å². The van der Waals surface area contributed by atoms with Gasteiger partial charge in [0.1, 0.15) is 6.10 Å². The van der Waals surface area contributed by atoms with Gasteiger partial charge in [-0.2, -0.15) is 0 Å². The van der Waals surface area contributed by atoms with Gasteiger partial charge in [0.2, 0.25) is 0 Å². The van der Waals surface area contributed by atoms with Crippen LogP contribution in [0.15, 0.2) is 60.7 Å². The van der Waals surface area contributed by atoms with Gasteiger partial charge >= 0.3 is 0 Å². The smallest absolute Gasteiger partial charge is 0.109 e. The molecule has 110 valence electrons. The maximum Gasteiger partial charge on any atom is 0.109 e. The maximum atomic E-state index is 6.46. The fourth-order valence-electron chi connectivity index (χ4n) is 4.60. The molecule has 0 N–H and O–H groups in total. The molecule has 3 atom stereocenters. The number of allylic oxidation sites excluding steroid dienone is 2. The number of hydrogen-bond donors (Lipinski definition) is 0. The number of fused-ring (bicyclic) bond motifs is 5. The molecule has 2 aromatic rings. The Hall–Kier alpha value is -1.86. The summed E-state index contributed by atoms with van der Waals surface area (Å²) in [6.07, 6.45) is 7.61. The highest BCUT2D eigenvalue weighted by atomic mass is 16.5. The van der Waals surface area contributed by atoms with Gasteiger partial charge in [-0.25, -0.2) is 0 Å². The van der Waals surface area contributed by atoms with Crippen LogP contribution in [-0.4, -0.2) is 6.61 Å². The summed E-state index contributed by atoms with van der Waals surface area (Å²) in [4.78, 5) is 0. The van der Waals surface area contributed by atoms with E-state index in [1.165, 1.54) is 35.1 Å². The van der Waals surface area contributed by atoms with Crippen LogP contribution < -0.4 is 0 Å². The fourth-order valence-corrected chi connectivity index (χ4v) is 4.60. The van der Waals surface area contributed by atoms with Gasteiger partial charge in [0.05, 0.1) is 6.61 Å². The molecule has 5 rings (SSSR count). The monoisotopic (exact) mass is 288 g/mol. The molecule has 0 saturated heterocycles. The van der Waals surface area contributed by atoms with E-state index in [0.717, 1.165) is 24.4 Å². The number of rotatable bonds is 3. The minimum Gasteiger partial charge on any atom is -0.368 e. The number of hydrogen-bond acceptors (Lipinski definition) is 1. The molecular weight excluding hydrogens is 268 g/mol. The Labute approximate surface area is 131 Å². The van der Waals surface area contributed by atoms with Gasteiger partial charge in [0, 0.05) is 0 Å². The Morgan fingerprint density at radius 3 is 2.09 bits per heavy atom. The second-order valence-electron chi connectivity index (χ2n) is 6.93. The van der Waals surface area contributed by atoms with Gasteiger partial charge < -0.3 is 4.74 Å². The lowest BCUT2D eigenvalue weighted by Gasteiger charge is -2.22. The lowest BCUT2D eigenvalue weighted by molar-refractivity contribution is 0.0478. The van der Waals surface area contributed by atoms with E-state index in [-0.39, 0.29) is 6.10 Å². The van der Waals surface area contributed by atoms with E-state index in [4.69, 9.17) is 4.74 Å². The maximum absolute atomic E-state index is 6.46. The molecule has 2 bridgehead atoms. The SMILES string of the molecule is C1=CC2CC1CC2COC1c2ccccc2-c2ccccc21. The fraction of sp³-hybridized carbons (Fsp3) is 0.333. The van der Waals surface area contributed by atoms with Crippen LogP contribution in [0.25, 0.3) is 11.1 Å². The Bertz CT molecular complexity index is 700. The first-order valence-corrected chi connectivity index (χ1v) is 8.38. The molecule has 0 heterocycles. The molecule has 1 heteroatoms. The van der Waals surface area contributed by atoms with Crippen LogP contribution in [0, 0.1) is 17.8 Å². The Kier molecular flexibility index (Phi) is 2.78. The molecule has 0 amide bonds. The van der Waals surface area contributed by atoms with Crippen molar-refractivity contribution in [3.63, 3.8) is 0 Å². The third-order valence-electron chi connectivity index (χ3n) is 5.67. The minimum absolute atomic E-state index is 0.121. The standard InChI is InChI=1S/C21H20O/c1-3-7-19-17(5-1)18-6-2-4-8-20(18)21(19)22-13-16-12-14-9-10-15(16)11-14/h1-10,14-16,21H,11-13H2. The quantitative estimate of drug-likeness (QED) is 0.723. The molecule has 2 aromatic carbocycles. The molecule has 3 aliphatic rings. The Morgan fingerprint density at radius 2 is 1.50 bits per heavy atom. The zero-order valence-corrected chi connectivity index (χ0v) is 12.6. The normalized spacial score (nSPS) is 28.1. The Morgan fingerprint density at radius 1 is 0.818 bits per heavy atom. The topological polar surface area (TPSA) is 9.23 Å². The van der Waals surface area contributed by atoms with Crippen molar-refractivity contribution < 1.29 is 4.74 Å². The second-order valence-corrected chi connectivity index (χ2v) is 6.93. The molecule has 1 saturated carbocycles. The summed E-state index contributed by atoms with van der Waals surface area (Å²) in [5.74, 6) is 2.30. The lowest BCUT2D eigenvalue weighted by Crippen LogP contribution is -2.16. The van der Waals surface area contributed by atoms with Crippen molar-refractivity contribution in [1.29, 1.82) is 0 Å². The van der Waals surface area contributed by atoms with Gasteiger partial charge in [-0.3, -0.25) is 0 Å². The first-order chi connectivity index (χ1) is 10.9. The van der Waals surface area contributed by atoms with E-state index >= 15 is 0 Å². The van der Waals surface area contributed by atoms with Crippen molar-refractivity contribution in [2.24, 2.45) is 17.8 Å². The van der Waals surface area contributed by atoms with Crippen molar-refractivity contribution in [3.8, 4) is 11.1 Å². The molecule has 0 aromatic heterocycles. The first-order valence-electron chi connectivity index (χ1n) is 8.38. The summed E-state index contributed by atoms with van der Waals surface area (Å²) in [6, 6.07) is 17.4. The van der Waals surface area contributed by atoms with Crippen molar-refractivity contribution in [3.05, 3.63) is 71.8 Å². The van der Waals surface area contributed by atoms with E-state index in [2.05, 4.69) is 60.7 Å². The molecule has 0 spiro atoms. The van der Waals surface area contributed by atoms with Gasteiger partial charge in [0.25, 0.3) is 0 Å². The van der Waals surface area contributed by atoms with Gasteiger partial charge in [-0.1, -0.05) is 60.7 Å². The van der Waals surface area contributed by atoms with E-state index in [0.29, 0.717) is 0 Å². The molecule has 22 heavy (non-hydrogen) atoms. The van der Waals surface area contributed by atoms with Crippen LogP contribution in [0.4, 0.5) is 0 Å². The number of ether oxygens (including phenoxy) is 1. The predicted molar refractivity (Wildman–Crippen MR) is 88.5 cm³/mol. The average molecular weight is 288 g/mol. The minimum atomic E-state index is 0.121. The van der Waals surface area contributed by atoms with Gasteiger partial charge in [0.15, 0.2) is 0 Å². The summed E-state index contributed by atoms with van der Waals surface area (Å²) in [6.45, 7) is 0.888. The largest absolute Gasteiger partial charge is 0.368 e. The second kappa shape index (κ2) is 4.82. The van der Waals surface area contributed by atoms with E-state index in [1.807, 2.05) is 0 Å². The van der Waals surface area contributed by atoms with Crippen LogP contribution in [0.1, 0.15) is 30.1 Å². The highest BCUT2D eigenvalue weighted by Crippen LogP contribution is 2.47. The third-order valence-corrected chi connectivity index (χ3v) is 5.67. The summed E-state index contributed by atoms with van der Waals surface area (Å²) in [5, 5.41) is 0. The average Bonchev–Trinajstić information content (AvgIpc) is 3.26. The zero-order valence-electron chi connectivity index (χ0n) is 12.6. The van der Waals surface area contributed by atoms with Crippen molar-refractivity contribution >= 4 is 0 Å². The molecule has 1 fully saturated rings. The summed E-state index contributed by atoms with van der Waals surface area (Å²) in [7, 11) is 0. The van der Waals surface area contributed by atoms with E-state index in [1.54, 1.807) is 0 Å². The van der Waals surface area contributed by atoms with Crippen LogP contribution in [0.3, 0.4) is 0 Å². The Balaban J connectivity index is 1.43. The van der Waals surface area contributed by atoms with Crippen LogP contribution in [0.2, 0.25) is 0 Å². The zero-order chi connectivity index (χ0) is 14.5. The van der Waals surface area contributed by atoms with Gasteiger partial charge in [-0.15, -0.1) is 0 Å². The molecular formula is C21H20O. The van der Waals surface area contributed by atoms with Crippen LogP contribution in [-0.2, 0) is 4.74 Å². The molecule has 0 radical (unpaired) electrons. The molecule has 1 nitrogen and oxygen atoms in total. The summed E-state index contributed by atoms with van der Waals surface area (Å²) >= 11 is 0. The molecule has 3 unspecified atom stereocenters. The van der Waals surface area contributed by atoms with Crippen molar-refractivity contribution in [2.45, 2.75) is 18.9 Å². The summed E-state index contributed by atoms with van der Waals surface area (Å²) < 4.78 is 6.46. The predicted octanol–water partition coefficient (Wildman–Crippen LogP) is 4.99. The first kappa shape index (κ1) is 12.7.